The Morgan fingerprint density at radius 3 is 3.00 bits per heavy atom. The minimum absolute atomic E-state index is 0.00121. The van der Waals surface area contributed by atoms with Crippen molar-refractivity contribution in [2.75, 3.05) is 0 Å². The predicted molar refractivity (Wildman–Crippen MR) is 92.4 cm³/mol. The summed E-state index contributed by atoms with van der Waals surface area (Å²) < 4.78 is 1.12. The molecule has 22 heavy (non-hydrogen) atoms. The summed E-state index contributed by atoms with van der Waals surface area (Å²) in [5.74, 6) is 0.00121. The summed E-state index contributed by atoms with van der Waals surface area (Å²) in [6.07, 6.45) is 6.33. The summed E-state index contributed by atoms with van der Waals surface area (Å²) in [5.41, 5.74) is 4.38. The van der Waals surface area contributed by atoms with Crippen LogP contribution in [0.25, 0.3) is 16.3 Å². The number of thiocarbonyl (C=S) groups is 1. The second-order valence-electron chi connectivity index (χ2n) is 5.68. The average molecular weight is 329 g/mol. The number of hydrogen-bond donors (Lipinski definition) is 1. The summed E-state index contributed by atoms with van der Waals surface area (Å²) >= 11 is 6.96. The number of aromatic nitrogens is 1. The van der Waals surface area contributed by atoms with Crippen molar-refractivity contribution in [1.82, 2.24) is 15.2 Å². The number of nitrogens with one attached hydrogen (secondary N) is 1. The van der Waals surface area contributed by atoms with Crippen molar-refractivity contribution in [2.45, 2.75) is 31.7 Å². The zero-order valence-corrected chi connectivity index (χ0v) is 13.5. The number of fused-ring (bicyclic) bond motifs is 1. The molecule has 2 aromatic rings. The highest BCUT2D eigenvalue weighted by Crippen LogP contribution is 2.28. The van der Waals surface area contributed by atoms with E-state index in [0.29, 0.717) is 10.8 Å². The smallest absolute Gasteiger partial charge is 0.276 e. The molecule has 2 fully saturated rings. The zero-order chi connectivity index (χ0) is 15.1. The molecule has 0 atom stereocenters. The van der Waals surface area contributed by atoms with Gasteiger partial charge in [-0.2, -0.15) is 0 Å². The van der Waals surface area contributed by atoms with E-state index < -0.39 is 0 Å². The SMILES string of the molecule is O=C1/C(=C/c2ccc3ncsc3c2)NC(=S)N1C1CCCC1. The molecule has 2 heterocycles. The van der Waals surface area contributed by atoms with Crippen molar-refractivity contribution in [1.29, 1.82) is 0 Å². The van der Waals surface area contributed by atoms with E-state index in [1.807, 2.05) is 23.7 Å². The Morgan fingerprint density at radius 2 is 2.18 bits per heavy atom. The molecular formula is C16H15N3OS2. The van der Waals surface area contributed by atoms with Gasteiger partial charge in [0.1, 0.15) is 5.70 Å². The largest absolute Gasteiger partial charge is 0.328 e. The molecule has 0 bridgehead atoms. The van der Waals surface area contributed by atoms with Crippen LogP contribution in [-0.4, -0.2) is 26.9 Å². The fourth-order valence-electron chi connectivity index (χ4n) is 3.17. The predicted octanol–water partition coefficient (Wildman–Crippen LogP) is 3.30. The lowest BCUT2D eigenvalue weighted by molar-refractivity contribution is -0.123. The van der Waals surface area contributed by atoms with E-state index in [2.05, 4.69) is 16.4 Å². The van der Waals surface area contributed by atoms with Crippen molar-refractivity contribution < 1.29 is 4.79 Å². The fraction of sp³-hybridized carbons (Fsp3) is 0.312. The third-order valence-corrected chi connectivity index (χ3v) is 5.36. The number of hydrogen-bond acceptors (Lipinski definition) is 4. The Morgan fingerprint density at radius 1 is 1.36 bits per heavy atom. The van der Waals surface area contributed by atoms with Gasteiger partial charge in [-0.15, -0.1) is 11.3 Å². The molecule has 1 N–H and O–H groups in total. The topological polar surface area (TPSA) is 45.2 Å². The summed E-state index contributed by atoms with van der Waals surface area (Å²) in [6.45, 7) is 0. The van der Waals surface area contributed by atoms with E-state index in [1.165, 1.54) is 12.8 Å². The molecule has 6 heteroatoms. The average Bonchev–Trinajstić information content (AvgIpc) is 3.20. The first-order valence-electron chi connectivity index (χ1n) is 7.42. The number of amides is 1. The van der Waals surface area contributed by atoms with Crippen LogP contribution in [0.2, 0.25) is 0 Å². The van der Waals surface area contributed by atoms with Gasteiger partial charge in [-0.1, -0.05) is 18.9 Å². The molecule has 0 unspecified atom stereocenters. The summed E-state index contributed by atoms with van der Waals surface area (Å²) in [4.78, 5) is 18.7. The van der Waals surface area contributed by atoms with Gasteiger partial charge in [-0.25, -0.2) is 4.98 Å². The third-order valence-electron chi connectivity index (χ3n) is 4.27. The highest BCUT2D eigenvalue weighted by Gasteiger charge is 2.37. The van der Waals surface area contributed by atoms with Crippen LogP contribution in [0.4, 0.5) is 0 Å². The summed E-state index contributed by atoms with van der Waals surface area (Å²) in [5, 5.41) is 3.62. The lowest BCUT2D eigenvalue weighted by atomic mass is 10.1. The van der Waals surface area contributed by atoms with Crippen LogP contribution in [0.5, 0.6) is 0 Å². The molecule has 1 amide bonds. The second-order valence-corrected chi connectivity index (χ2v) is 6.95. The minimum Gasteiger partial charge on any atom is -0.328 e. The van der Waals surface area contributed by atoms with Gasteiger partial charge in [0, 0.05) is 6.04 Å². The van der Waals surface area contributed by atoms with Crippen molar-refractivity contribution in [3.8, 4) is 0 Å². The minimum atomic E-state index is 0.00121. The van der Waals surface area contributed by atoms with Crippen molar-refractivity contribution in [3.05, 3.63) is 35.0 Å². The van der Waals surface area contributed by atoms with Crippen LogP contribution in [0, 0.1) is 0 Å². The molecule has 1 saturated heterocycles. The van der Waals surface area contributed by atoms with Gasteiger partial charge in [-0.05, 0) is 48.8 Å². The first kappa shape index (κ1) is 13.8. The molecule has 4 rings (SSSR count). The molecule has 0 spiro atoms. The van der Waals surface area contributed by atoms with Gasteiger partial charge in [0.15, 0.2) is 5.11 Å². The highest BCUT2D eigenvalue weighted by atomic mass is 32.1. The standard InChI is InChI=1S/C16H15N3OS2/c20-15-13(18-16(21)19(15)11-3-1-2-4-11)7-10-5-6-12-14(8-10)22-9-17-12/h5-9,11H,1-4H2,(H,18,21)/b13-7-. The van der Waals surface area contributed by atoms with Crippen LogP contribution in [0.15, 0.2) is 29.4 Å². The molecule has 1 aliphatic carbocycles. The lowest BCUT2D eigenvalue weighted by Gasteiger charge is -2.21. The number of carbonyl (C=O) groups is 1. The van der Waals surface area contributed by atoms with Crippen LogP contribution < -0.4 is 5.32 Å². The third kappa shape index (κ3) is 2.32. The molecule has 1 aliphatic heterocycles. The maximum absolute atomic E-state index is 12.6. The van der Waals surface area contributed by atoms with E-state index in [9.17, 15) is 4.79 Å². The van der Waals surface area contributed by atoms with Gasteiger partial charge in [0.05, 0.1) is 15.7 Å². The Hall–Kier alpha value is -1.79. The number of benzene rings is 1. The zero-order valence-electron chi connectivity index (χ0n) is 11.9. The Balaban J connectivity index is 1.64. The Kier molecular flexibility index (Phi) is 3.43. The van der Waals surface area contributed by atoms with E-state index in [0.717, 1.165) is 28.6 Å². The molecule has 1 saturated carbocycles. The Bertz CT molecular complexity index is 790. The number of carbonyl (C=O) groups excluding carboxylic acids is 1. The van der Waals surface area contributed by atoms with Gasteiger partial charge in [-0.3, -0.25) is 9.69 Å². The van der Waals surface area contributed by atoms with Crippen LogP contribution >= 0.6 is 23.6 Å². The van der Waals surface area contributed by atoms with Crippen LogP contribution in [0.3, 0.4) is 0 Å². The van der Waals surface area contributed by atoms with E-state index >= 15 is 0 Å². The van der Waals surface area contributed by atoms with Gasteiger partial charge in [0.2, 0.25) is 0 Å². The first-order chi connectivity index (χ1) is 10.7. The molecule has 4 nitrogen and oxygen atoms in total. The fourth-order valence-corrected chi connectivity index (χ4v) is 4.24. The number of thiazole rings is 1. The molecule has 2 aliphatic rings. The first-order valence-corrected chi connectivity index (χ1v) is 8.71. The quantitative estimate of drug-likeness (QED) is 0.678. The highest BCUT2D eigenvalue weighted by molar-refractivity contribution is 7.80. The normalized spacial score (nSPS) is 21.3. The van der Waals surface area contributed by atoms with E-state index in [4.69, 9.17) is 12.2 Å². The lowest BCUT2D eigenvalue weighted by Crippen LogP contribution is -2.38. The number of rotatable bonds is 2. The molecule has 0 radical (unpaired) electrons. The summed E-state index contributed by atoms with van der Waals surface area (Å²) in [7, 11) is 0. The van der Waals surface area contributed by atoms with E-state index in [1.54, 1.807) is 16.2 Å². The van der Waals surface area contributed by atoms with Gasteiger partial charge in [0.25, 0.3) is 5.91 Å². The maximum atomic E-state index is 12.6. The molecular weight excluding hydrogens is 314 g/mol. The Labute approximate surface area is 137 Å². The van der Waals surface area contributed by atoms with Crippen molar-refractivity contribution >= 4 is 50.9 Å². The second kappa shape index (κ2) is 5.44. The van der Waals surface area contributed by atoms with Crippen LogP contribution in [-0.2, 0) is 4.79 Å². The molecule has 1 aromatic carbocycles. The number of nitrogens with zero attached hydrogens (tertiary/aromatic N) is 2. The van der Waals surface area contributed by atoms with Gasteiger partial charge < -0.3 is 5.32 Å². The van der Waals surface area contributed by atoms with Crippen LogP contribution in [0.1, 0.15) is 31.2 Å². The monoisotopic (exact) mass is 329 g/mol. The molecule has 1 aromatic heterocycles. The van der Waals surface area contributed by atoms with Crippen molar-refractivity contribution in [3.63, 3.8) is 0 Å². The van der Waals surface area contributed by atoms with Gasteiger partial charge >= 0.3 is 0 Å². The molecule has 112 valence electrons. The van der Waals surface area contributed by atoms with E-state index in [-0.39, 0.29) is 11.9 Å². The maximum Gasteiger partial charge on any atom is 0.276 e. The van der Waals surface area contributed by atoms with Crippen molar-refractivity contribution in [2.24, 2.45) is 0 Å². The summed E-state index contributed by atoms with van der Waals surface area (Å²) in [6, 6.07) is 6.27.